The first-order chi connectivity index (χ1) is 8.72. The maximum atomic E-state index is 11.7. The lowest BCUT2D eigenvalue weighted by atomic mass is 10.1. The number of carbonyl (C=O) groups is 1. The maximum Gasteiger partial charge on any atom is 0.335 e. The van der Waals surface area contributed by atoms with E-state index in [-0.39, 0.29) is 5.97 Å². The molecular weight excluding hydrogens is 226 g/mol. The molecule has 0 atom stereocenters. The highest BCUT2D eigenvalue weighted by atomic mass is 16.5. The summed E-state index contributed by atoms with van der Waals surface area (Å²) in [5.74, 6) is -0.184. The minimum atomic E-state index is -0.184. The van der Waals surface area contributed by atoms with Crippen LogP contribution >= 0.6 is 0 Å². The number of ether oxygens (including phenoxy) is 1. The topological polar surface area (TPSA) is 29.5 Å². The highest BCUT2D eigenvalue weighted by Gasteiger charge is 2.18. The first-order valence-corrected chi connectivity index (χ1v) is 6.42. The molecule has 0 N–H and O–H groups in total. The minimum Gasteiger partial charge on any atom is -0.463 e. The van der Waals surface area contributed by atoms with Crippen molar-refractivity contribution < 1.29 is 9.53 Å². The Morgan fingerprint density at radius 3 is 2.89 bits per heavy atom. The lowest BCUT2D eigenvalue weighted by molar-refractivity contribution is -0.138. The van der Waals surface area contributed by atoms with Gasteiger partial charge in [-0.05, 0) is 38.3 Å². The fourth-order valence-corrected chi connectivity index (χ4v) is 2.21. The molecule has 0 saturated carbocycles. The fraction of sp³-hybridized carbons (Fsp3) is 0.400. The van der Waals surface area contributed by atoms with E-state index in [9.17, 15) is 4.79 Å². The number of para-hydroxylation sites is 1. The van der Waals surface area contributed by atoms with Gasteiger partial charge in [-0.25, -0.2) is 4.79 Å². The van der Waals surface area contributed by atoms with Crippen molar-refractivity contribution in [3.8, 4) is 0 Å². The number of hydrogen-bond donors (Lipinski definition) is 0. The molecular formula is C15H19NO2. The largest absolute Gasteiger partial charge is 0.463 e. The maximum absolute atomic E-state index is 11.7. The van der Waals surface area contributed by atoms with Gasteiger partial charge in [0, 0.05) is 18.4 Å². The molecule has 0 saturated heterocycles. The molecule has 0 amide bonds. The molecule has 1 heterocycles. The smallest absolute Gasteiger partial charge is 0.335 e. The Bertz CT molecular complexity index is 465. The van der Waals surface area contributed by atoms with E-state index in [1.165, 1.54) is 11.3 Å². The van der Waals surface area contributed by atoms with Gasteiger partial charge in [0.1, 0.15) is 0 Å². The van der Waals surface area contributed by atoms with Gasteiger partial charge in [-0.2, -0.15) is 0 Å². The summed E-state index contributed by atoms with van der Waals surface area (Å²) in [6.45, 7) is 5.30. The van der Waals surface area contributed by atoms with Gasteiger partial charge in [0.15, 0.2) is 0 Å². The van der Waals surface area contributed by atoms with Crippen LogP contribution in [0, 0.1) is 6.92 Å². The van der Waals surface area contributed by atoms with Crippen LogP contribution in [-0.2, 0) is 9.53 Å². The van der Waals surface area contributed by atoms with Crippen molar-refractivity contribution in [3.63, 3.8) is 0 Å². The predicted molar refractivity (Wildman–Crippen MR) is 72.5 cm³/mol. The fourth-order valence-electron chi connectivity index (χ4n) is 2.21. The number of anilines is 1. The third-order valence-corrected chi connectivity index (χ3v) is 3.12. The Hall–Kier alpha value is -1.77. The number of benzene rings is 1. The molecule has 1 aromatic carbocycles. The van der Waals surface area contributed by atoms with Crippen LogP contribution in [0.3, 0.4) is 0 Å². The zero-order valence-corrected chi connectivity index (χ0v) is 11.0. The zero-order valence-electron chi connectivity index (χ0n) is 11.0. The van der Waals surface area contributed by atoms with E-state index in [1.54, 1.807) is 0 Å². The molecule has 2 rings (SSSR count). The van der Waals surface area contributed by atoms with Crippen molar-refractivity contribution >= 4 is 11.7 Å². The summed E-state index contributed by atoms with van der Waals surface area (Å²) in [6, 6.07) is 8.22. The highest BCUT2D eigenvalue weighted by Crippen LogP contribution is 2.25. The number of esters is 1. The SMILES string of the molecule is CCOC(=O)C1=CN(c2ccccc2C)CCC1. The molecule has 0 spiro atoms. The number of nitrogens with zero attached hydrogens (tertiary/aromatic N) is 1. The average Bonchev–Trinajstić information content (AvgIpc) is 2.40. The van der Waals surface area contributed by atoms with E-state index in [0.29, 0.717) is 6.61 Å². The zero-order chi connectivity index (χ0) is 13.0. The van der Waals surface area contributed by atoms with Gasteiger partial charge in [-0.15, -0.1) is 0 Å². The second-order valence-corrected chi connectivity index (χ2v) is 4.46. The third-order valence-electron chi connectivity index (χ3n) is 3.12. The monoisotopic (exact) mass is 245 g/mol. The van der Waals surface area contributed by atoms with E-state index in [2.05, 4.69) is 24.0 Å². The number of carbonyl (C=O) groups excluding carboxylic acids is 1. The van der Waals surface area contributed by atoms with Crippen LogP contribution in [0.2, 0.25) is 0 Å². The van der Waals surface area contributed by atoms with Gasteiger partial charge < -0.3 is 9.64 Å². The van der Waals surface area contributed by atoms with Crippen LogP contribution in [0.4, 0.5) is 5.69 Å². The van der Waals surface area contributed by atoms with Gasteiger partial charge in [-0.1, -0.05) is 18.2 Å². The second kappa shape index (κ2) is 5.71. The average molecular weight is 245 g/mol. The summed E-state index contributed by atoms with van der Waals surface area (Å²) >= 11 is 0. The van der Waals surface area contributed by atoms with Crippen molar-refractivity contribution in [1.29, 1.82) is 0 Å². The Labute approximate surface area is 108 Å². The third kappa shape index (κ3) is 2.73. The Morgan fingerprint density at radius 1 is 1.39 bits per heavy atom. The predicted octanol–water partition coefficient (Wildman–Crippen LogP) is 3.04. The molecule has 1 aromatic rings. The van der Waals surface area contributed by atoms with Crippen LogP contribution in [0.5, 0.6) is 0 Å². The molecule has 3 heteroatoms. The van der Waals surface area contributed by atoms with E-state index in [1.807, 2.05) is 25.3 Å². The summed E-state index contributed by atoms with van der Waals surface area (Å²) in [5, 5.41) is 0. The molecule has 0 unspecified atom stereocenters. The van der Waals surface area contributed by atoms with Crippen molar-refractivity contribution in [3.05, 3.63) is 41.6 Å². The summed E-state index contributed by atoms with van der Waals surface area (Å²) in [6.07, 6.45) is 3.73. The Kier molecular flexibility index (Phi) is 4.03. The molecule has 1 aliphatic heterocycles. The normalized spacial score (nSPS) is 15.2. The lowest BCUT2D eigenvalue weighted by Gasteiger charge is -2.27. The first-order valence-electron chi connectivity index (χ1n) is 6.42. The van der Waals surface area contributed by atoms with Crippen molar-refractivity contribution in [2.45, 2.75) is 26.7 Å². The first kappa shape index (κ1) is 12.7. The summed E-state index contributed by atoms with van der Waals surface area (Å²) in [7, 11) is 0. The molecule has 1 aliphatic rings. The van der Waals surface area contributed by atoms with Crippen LogP contribution < -0.4 is 4.90 Å². The van der Waals surface area contributed by atoms with E-state index < -0.39 is 0 Å². The number of hydrogen-bond acceptors (Lipinski definition) is 3. The molecule has 0 aliphatic carbocycles. The summed E-state index contributed by atoms with van der Waals surface area (Å²) in [4.78, 5) is 13.9. The van der Waals surface area contributed by atoms with Crippen LogP contribution in [0.1, 0.15) is 25.3 Å². The van der Waals surface area contributed by atoms with Crippen LogP contribution in [0.15, 0.2) is 36.0 Å². The standard InChI is InChI=1S/C15H19NO2/c1-3-18-15(17)13-8-6-10-16(11-13)14-9-5-4-7-12(14)2/h4-5,7,9,11H,3,6,8,10H2,1-2H3. The van der Waals surface area contributed by atoms with Crippen molar-refractivity contribution in [2.75, 3.05) is 18.1 Å². The number of rotatable bonds is 3. The van der Waals surface area contributed by atoms with Gasteiger partial charge in [-0.3, -0.25) is 0 Å². The van der Waals surface area contributed by atoms with Crippen LogP contribution in [-0.4, -0.2) is 19.1 Å². The van der Waals surface area contributed by atoms with Gasteiger partial charge >= 0.3 is 5.97 Å². The highest BCUT2D eigenvalue weighted by molar-refractivity contribution is 5.89. The molecule has 0 radical (unpaired) electrons. The van der Waals surface area contributed by atoms with Crippen molar-refractivity contribution in [1.82, 2.24) is 0 Å². The summed E-state index contributed by atoms with van der Waals surface area (Å²) < 4.78 is 5.06. The number of aryl methyl sites for hydroxylation is 1. The molecule has 18 heavy (non-hydrogen) atoms. The molecule has 96 valence electrons. The summed E-state index contributed by atoms with van der Waals surface area (Å²) in [5.41, 5.74) is 3.16. The van der Waals surface area contributed by atoms with Crippen molar-refractivity contribution in [2.24, 2.45) is 0 Å². The van der Waals surface area contributed by atoms with Gasteiger partial charge in [0.2, 0.25) is 0 Å². The van der Waals surface area contributed by atoms with E-state index in [0.717, 1.165) is 25.0 Å². The van der Waals surface area contributed by atoms with Gasteiger partial charge in [0.05, 0.1) is 12.2 Å². The Morgan fingerprint density at radius 2 is 2.17 bits per heavy atom. The Balaban J connectivity index is 2.22. The lowest BCUT2D eigenvalue weighted by Crippen LogP contribution is -2.25. The van der Waals surface area contributed by atoms with Gasteiger partial charge in [0.25, 0.3) is 0 Å². The van der Waals surface area contributed by atoms with E-state index >= 15 is 0 Å². The van der Waals surface area contributed by atoms with Crippen LogP contribution in [0.25, 0.3) is 0 Å². The molecule has 3 nitrogen and oxygen atoms in total. The van der Waals surface area contributed by atoms with E-state index in [4.69, 9.17) is 4.74 Å². The molecule has 0 fully saturated rings. The minimum absolute atomic E-state index is 0.184. The quantitative estimate of drug-likeness (QED) is 0.767. The second-order valence-electron chi connectivity index (χ2n) is 4.46. The molecule has 0 bridgehead atoms. The molecule has 0 aromatic heterocycles.